The summed E-state index contributed by atoms with van der Waals surface area (Å²) in [6.45, 7) is 7.17. The molecule has 0 aliphatic rings. The van der Waals surface area contributed by atoms with Gasteiger partial charge in [0.25, 0.3) is 0 Å². The highest BCUT2D eigenvalue weighted by Crippen LogP contribution is 1.94. The van der Waals surface area contributed by atoms with Crippen LogP contribution in [0.3, 0.4) is 0 Å². The Kier molecular flexibility index (Phi) is 4.77. The zero-order valence-corrected chi connectivity index (χ0v) is 9.60. The second kappa shape index (κ2) is 6.14. The van der Waals surface area contributed by atoms with E-state index in [1.807, 2.05) is 19.1 Å². The van der Waals surface area contributed by atoms with Crippen LogP contribution in [0.15, 0.2) is 36.7 Å². The highest BCUT2D eigenvalue weighted by atomic mass is 32.1. The molecule has 1 aromatic heterocycles. The van der Waals surface area contributed by atoms with Crippen molar-refractivity contribution < 1.29 is 0 Å². The molecule has 0 aromatic carbocycles. The van der Waals surface area contributed by atoms with Gasteiger partial charge in [-0.15, -0.1) is 0 Å². The van der Waals surface area contributed by atoms with Gasteiger partial charge in [0.1, 0.15) is 0 Å². The Bertz CT molecular complexity index is 335. The van der Waals surface area contributed by atoms with Gasteiger partial charge in [-0.3, -0.25) is 4.98 Å². The van der Waals surface area contributed by atoms with E-state index in [1.165, 1.54) is 0 Å². The van der Waals surface area contributed by atoms with Crippen molar-refractivity contribution in [2.24, 2.45) is 0 Å². The third kappa shape index (κ3) is 5.12. The third-order valence-corrected chi connectivity index (χ3v) is 2.04. The van der Waals surface area contributed by atoms with Gasteiger partial charge in [-0.2, -0.15) is 0 Å². The fraction of sp³-hybridized carbons (Fsp3) is 0.273. The molecule has 0 saturated heterocycles. The topological polar surface area (TPSA) is 37.0 Å². The standard InChI is InChI=1S/C11H15N3S/c1-9(2)7-13-11(15)14-8-10-3-5-12-6-4-10/h3-6H,1,7-8H2,2H3,(H2,13,14,15). The second-order valence-electron chi connectivity index (χ2n) is 3.35. The Morgan fingerprint density at radius 1 is 1.40 bits per heavy atom. The minimum absolute atomic E-state index is 0.648. The van der Waals surface area contributed by atoms with E-state index in [9.17, 15) is 0 Å². The van der Waals surface area contributed by atoms with E-state index in [4.69, 9.17) is 12.2 Å². The van der Waals surface area contributed by atoms with Crippen LogP contribution in [0, 0.1) is 0 Å². The minimum Gasteiger partial charge on any atom is -0.359 e. The summed E-state index contributed by atoms with van der Waals surface area (Å²) in [6, 6.07) is 3.91. The van der Waals surface area contributed by atoms with Crippen molar-refractivity contribution in [2.75, 3.05) is 6.54 Å². The predicted octanol–water partition coefficient (Wildman–Crippen LogP) is 1.62. The largest absolute Gasteiger partial charge is 0.359 e. The van der Waals surface area contributed by atoms with E-state index in [0.29, 0.717) is 18.2 Å². The molecule has 0 fully saturated rings. The van der Waals surface area contributed by atoms with E-state index in [1.54, 1.807) is 12.4 Å². The van der Waals surface area contributed by atoms with Gasteiger partial charge in [-0.1, -0.05) is 12.2 Å². The van der Waals surface area contributed by atoms with Crippen LogP contribution in [-0.4, -0.2) is 16.6 Å². The maximum atomic E-state index is 5.09. The molecule has 0 aliphatic heterocycles. The smallest absolute Gasteiger partial charge is 0.166 e. The number of hydrogen-bond donors (Lipinski definition) is 2. The molecular weight excluding hydrogens is 206 g/mol. The zero-order valence-electron chi connectivity index (χ0n) is 8.79. The highest BCUT2D eigenvalue weighted by molar-refractivity contribution is 7.80. The average Bonchev–Trinajstić information content (AvgIpc) is 2.25. The number of rotatable bonds is 4. The van der Waals surface area contributed by atoms with Crippen LogP contribution >= 0.6 is 12.2 Å². The Balaban J connectivity index is 2.26. The fourth-order valence-corrected chi connectivity index (χ4v) is 1.12. The number of nitrogens with one attached hydrogen (secondary N) is 2. The molecule has 1 heterocycles. The van der Waals surface area contributed by atoms with Gasteiger partial charge in [0.15, 0.2) is 5.11 Å². The van der Waals surface area contributed by atoms with Gasteiger partial charge >= 0.3 is 0 Å². The lowest BCUT2D eigenvalue weighted by Gasteiger charge is -2.09. The van der Waals surface area contributed by atoms with E-state index < -0.39 is 0 Å². The quantitative estimate of drug-likeness (QED) is 0.598. The van der Waals surface area contributed by atoms with Gasteiger partial charge < -0.3 is 10.6 Å². The predicted molar refractivity (Wildman–Crippen MR) is 66.5 cm³/mol. The summed E-state index contributed by atoms with van der Waals surface area (Å²) in [4.78, 5) is 3.94. The third-order valence-electron chi connectivity index (χ3n) is 1.75. The summed E-state index contributed by atoms with van der Waals surface area (Å²) < 4.78 is 0. The van der Waals surface area contributed by atoms with Crippen molar-refractivity contribution in [1.29, 1.82) is 0 Å². The molecule has 15 heavy (non-hydrogen) atoms. The summed E-state index contributed by atoms with van der Waals surface area (Å²) in [7, 11) is 0. The van der Waals surface area contributed by atoms with Crippen molar-refractivity contribution in [1.82, 2.24) is 15.6 Å². The van der Waals surface area contributed by atoms with E-state index in [2.05, 4.69) is 22.2 Å². The maximum Gasteiger partial charge on any atom is 0.166 e. The maximum absolute atomic E-state index is 5.09. The van der Waals surface area contributed by atoms with Gasteiger partial charge in [-0.05, 0) is 36.8 Å². The number of nitrogens with zero attached hydrogens (tertiary/aromatic N) is 1. The van der Waals surface area contributed by atoms with E-state index in [0.717, 1.165) is 11.1 Å². The molecule has 0 unspecified atom stereocenters. The fourth-order valence-electron chi connectivity index (χ4n) is 0.977. The molecule has 0 aliphatic carbocycles. The van der Waals surface area contributed by atoms with Crippen molar-refractivity contribution in [2.45, 2.75) is 13.5 Å². The van der Waals surface area contributed by atoms with E-state index in [-0.39, 0.29) is 0 Å². The first-order chi connectivity index (χ1) is 7.18. The first-order valence-corrected chi connectivity index (χ1v) is 5.14. The lowest BCUT2D eigenvalue weighted by molar-refractivity contribution is 0.860. The number of pyridine rings is 1. The summed E-state index contributed by atoms with van der Waals surface area (Å²) >= 11 is 5.09. The van der Waals surface area contributed by atoms with Crippen molar-refractivity contribution in [3.8, 4) is 0 Å². The lowest BCUT2D eigenvalue weighted by atomic mass is 10.3. The van der Waals surface area contributed by atoms with Crippen LogP contribution in [0.2, 0.25) is 0 Å². The molecule has 0 saturated carbocycles. The van der Waals surface area contributed by atoms with Crippen LogP contribution in [-0.2, 0) is 6.54 Å². The Labute approximate surface area is 95.6 Å². The molecule has 0 atom stereocenters. The molecular formula is C11H15N3S. The Morgan fingerprint density at radius 3 is 2.67 bits per heavy atom. The Morgan fingerprint density at radius 2 is 2.07 bits per heavy atom. The molecule has 0 radical (unpaired) electrons. The van der Waals surface area contributed by atoms with Gasteiger partial charge in [0.2, 0.25) is 0 Å². The molecule has 1 rings (SSSR count). The molecule has 4 heteroatoms. The van der Waals surface area contributed by atoms with Crippen molar-refractivity contribution in [3.05, 3.63) is 42.2 Å². The van der Waals surface area contributed by atoms with Crippen LogP contribution in [0.4, 0.5) is 0 Å². The molecule has 0 amide bonds. The molecule has 1 aromatic rings. The zero-order chi connectivity index (χ0) is 11.1. The van der Waals surface area contributed by atoms with Gasteiger partial charge in [-0.25, -0.2) is 0 Å². The first-order valence-electron chi connectivity index (χ1n) is 4.73. The number of hydrogen-bond acceptors (Lipinski definition) is 2. The van der Waals surface area contributed by atoms with Crippen LogP contribution in [0.5, 0.6) is 0 Å². The normalized spacial score (nSPS) is 9.40. The molecule has 0 spiro atoms. The van der Waals surface area contributed by atoms with Crippen molar-refractivity contribution >= 4 is 17.3 Å². The minimum atomic E-state index is 0.648. The summed E-state index contributed by atoms with van der Waals surface area (Å²) in [6.07, 6.45) is 3.53. The molecule has 2 N–H and O–H groups in total. The highest BCUT2D eigenvalue weighted by Gasteiger charge is 1.95. The summed E-state index contributed by atoms with van der Waals surface area (Å²) in [5, 5.41) is 6.81. The average molecular weight is 221 g/mol. The van der Waals surface area contributed by atoms with Gasteiger partial charge in [0, 0.05) is 25.5 Å². The SMILES string of the molecule is C=C(C)CNC(=S)NCc1ccncc1. The molecule has 3 nitrogen and oxygen atoms in total. The van der Waals surface area contributed by atoms with Gasteiger partial charge in [0.05, 0.1) is 0 Å². The summed E-state index contributed by atoms with van der Waals surface area (Å²) in [5.41, 5.74) is 2.22. The van der Waals surface area contributed by atoms with Crippen molar-refractivity contribution in [3.63, 3.8) is 0 Å². The van der Waals surface area contributed by atoms with Crippen LogP contribution < -0.4 is 10.6 Å². The van der Waals surface area contributed by atoms with Crippen LogP contribution in [0.1, 0.15) is 12.5 Å². The molecule has 0 bridgehead atoms. The monoisotopic (exact) mass is 221 g/mol. The number of thiocarbonyl (C=S) groups is 1. The lowest BCUT2D eigenvalue weighted by Crippen LogP contribution is -2.35. The summed E-state index contributed by atoms with van der Waals surface area (Å²) in [5.74, 6) is 0. The van der Waals surface area contributed by atoms with E-state index >= 15 is 0 Å². The molecule has 80 valence electrons. The first kappa shape index (κ1) is 11.7. The Hall–Kier alpha value is -1.42. The second-order valence-corrected chi connectivity index (χ2v) is 3.76. The number of aromatic nitrogens is 1. The van der Waals surface area contributed by atoms with Crippen LogP contribution in [0.25, 0.3) is 0 Å².